The van der Waals surface area contributed by atoms with E-state index in [1.165, 1.54) is 44.9 Å². The Hall–Kier alpha value is 0.110. The first-order valence-electron chi connectivity index (χ1n) is 7.63. The third-order valence-corrected chi connectivity index (χ3v) is 3.70. The molecule has 19 heavy (non-hydrogen) atoms. The fraction of sp³-hybridized carbons (Fsp3) is 1.00. The van der Waals surface area contributed by atoms with Gasteiger partial charge in [-0.15, -0.1) is 0 Å². The monoisotopic (exact) mass is 296 g/mol. The third kappa shape index (κ3) is 27.3. The summed E-state index contributed by atoms with van der Waals surface area (Å²) < 4.78 is 10.6. The van der Waals surface area contributed by atoms with Crippen LogP contribution in [0.5, 0.6) is 0 Å². The van der Waals surface area contributed by atoms with Crippen LogP contribution >= 0.6 is 7.60 Å². The van der Waals surface area contributed by atoms with Gasteiger partial charge >= 0.3 is 7.60 Å². The van der Waals surface area contributed by atoms with E-state index in [0.29, 0.717) is 6.42 Å². The summed E-state index contributed by atoms with van der Waals surface area (Å²) >= 11 is 0. The third-order valence-electron chi connectivity index (χ3n) is 2.80. The lowest BCUT2D eigenvalue weighted by molar-refractivity contribution is 0.318. The lowest BCUT2D eigenvalue weighted by Gasteiger charge is -2.03. The van der Waals surface area contributed by atoms with Crippen molar-refractivity contribution in [3.05, 3.63) is 0 Å². The molecule has 0 rings (SSSR count). The molecule has 0 aliphatic carbocycles. The molecule has 0 bridgehead atoms. The number of aliphatic hydroxyl groups excluding tert-OH is 1. The molecule has 0 aromatic carbocycles. The maximum atomic E-state index is 10.6. The second-order valence-corrected chi connectivity index (χ2v) is 6.66. The minimum atomic E-state index is -3.74. The Balaban J connectivity index is 0. The molecule has 0 saturated heterocycles. The van der Waals surface area contributed by atoms with Gasteiger partial charge in [-0.25, -0.2) is 0 Å². The van der Waals surface area contributed by atoms with E-state index in [1.807, 2.05) is 0 Å². The molecule has 0 spiro atoms. The Morgan fingerprint density at radius 1 is 0.737 bits per heavy atom. The lowest BCUT2D eigenvalue weighted by Crippen LogP contribution is -1.88. The van der Waals surface area contributed by atoms with Crippen molar-refractivity contribution in [2.24, 2.45) is 0 Å². The molecule has 0 amide bonds. The Kier molecular flexibility index (Phi) is 18.2. The topological polar surface area (TPSA) is 77.8 Å². The fourth-order valence-electron chi connectivity index (χ4n) is 1.81. The lowest BCUT2D eigenvalue weighted by atomic mass is 10.1. The maximum Gasteiger partial charge on any atom is 0.325 e. The summed E-state index contributed by atoms with van der Waals surface area (Å²) in [6.45, 7) is 4.15. The van der Waals surface area contributed by atoms with Gasteiger partial charge in [-0.1, -0.05) is 64.7 Å². The minimum absolute atomic E-state index is 0.0590. The van der Waals surface area contributed by atoms with Gasteiger partial charge in [0.05, 0.1) is 0 Å². The molecule has 0 radical (unpaired) electrons. The summed E-state index contributed by atoms with van der Waals surface area (Å²) in [7, 11) is -3.74. The maximum absolute atomic E-state index is 10.6. The van der Waals surface area contributed by atoms with Gasteiger partial charge in [0.25, 0.3) is 0 Å². The van der Waals surface area contributed by atoms with Gasteiger partial charge in [-0.3, -0.25) is 4.57 Å². The first-order valence-corrected chi connectivity index (χ1v) is 9.43. The van der Waals surface area contributed by atoms with Gasteiger partial charge in [-0.2, -0.15) is 0 Å². The van der Waals surface area contributed by atoms with Crippen LogP contribution in [-0.4, -0.2) is 27.7 Å². The van der Waals surface area contributed by atoms with Gasteiger partial charge < -0.3 is 14.9 Å². The standard InChI is InChI=1S/C12H27O3P.C2H6O/c1-2-3-4-5-6-7-8-9-10-11-12-16(13,14)15;1-2-3/h2-12H2,1H3,(H2,13,14,15);3H,2H2,1H3. The molecule has 0 aliphatic heterocycles. The molecule has 3 N–H and O–H groups in total. The predicted molar refractivity (Wildman–Crippen MR) is 81.5 cm³/mol. The molecule has 0 aromatic rings. The molecular formula is C14H33O4P. The second-order valence-electron chi connectivity index (χ2n) is 4.89. The fourth-order valence-corrected chi connectivity index (χ4v) is 2.44. The van der Waals surface area contributed by atoms with Crippen molar-refractivity contribution in [3.8, 4) is 0 Å². The normalized spacial score (nSPS) is 11.0. The van der Waals surface area contributed by atoms with E-state index in [0.717, 1.165) is 12.8 Å². The Morgan fingerprint density at radius 3 is 1.37 bits per heavy atom. The minimum Gasteiger partial charge on any atom is -0.397 e. The molecule has 0 saturated carbocycles. The van der Waals surface area contributed by atoms with E-state index < -0.39 is 7.60 Å². The zero-order valence-electron chi connectivity index (χ0n) is 12.7. The Labute approximate surface area is 118 Å². The van der Waals surface area contributed by atoms with E-state index in [1.54, 1.807) is 6.92 Å². The average Bonchev–Trinajstić information content (AvgIpc) is 2.31. The molecule has 5 heteroatoms. The summed E-state index contributed by atoms with van der Waals surface area (Å²) in [4.78, 5) is 17.3. The van der Waals surface area contributed by atoms with Crippen LogP contribution in [0.15, 0.2) is 0 Å². The zero-order valence-corrected chi connectivity index (χ0v) is 13.6. The van der Waals surface area contributed by atoms with Crippen LogP contribution in [0.4, 0.5) is 0 Å². The van der Waals surface area contributed by atoms with Crippen LogP contribution in [0, 0.1) is 0 Å². The van der Waals surface area contributed by atoms with Crippen LogP contribution in [0.1, 0.15) is 78.1 Å². The average molecular weight is 296 g/mol. The van der Waals surface area contributed by atoms with Crippen molar-refractivity contribution in [1.82, 2.24) is 0 Å². The van der Waals surface area contributed by atoms with E-state index >= 15 is 0 Å². The summed E-state index contributed by atoms with van der Waals surface area (Å²) in [6.07, 6.45) is 12.0. The summed E-state index contributed by atoms with van der Waals surface area (Å²) in [5.74, 6) is 0. The highest BCUT2D eigenvalue weighted by molar-refractivity contribution is 7.51. The van der Waals surface area contributed by atoms with Crippen molar-refractivity contribution in [1.29, 1.82) is 0 Å². The largest absolute Gasteiger partial charge is 0.397 e. The first kappa shape index (κ1) is 21.4. The summed E-state index contributed by atoms with van der Waals surface area (Å²) in [5.41, 5.74) is 0. The number of rotatable bonds is 11. The highest BCUT2D eigenvalue weighted by Crippen LogP contribution is 2.35. The first-order chi connectivity index (χ1) is 8.97. The molecule has 118 valence electrons. The van der Waals surface area contributed by atoms with Crippen LogP contribution < -0.4 is 0 Å². The van der Waals surface area contributed by atoms with Crippen molar-refractivity contribution in [2.45, 2.75) is 78.1 Å². The second kappa shape index (κ2) is 16.2. The van der Waals surface area contributed by atoms with Crippen LogP contribution in [0.2, 0.25) is 0 Å². The smallest absolute Gasteiger partial charge is 0.325 e. The van der Waals surface area contributed by atoms with E-state index in [2.05, 4.69) is 6.92 Å². The predicted octanol–water partition coefficient (Wildman–Crippen LogP) is 4.08. The number of hydrogen-bond acceptors (Lipinski definition) is 2. The molecular weight excluding hydrogens is 263 g/mol. The molecule has 0 aromatic heterocycles. The van der Waals surface area contributed by atoms with Crippen molar-refractivity contribution in [2.75, 3.05) is 12.8 Å². The van der Waals surface area contributed by atoms with Crippen molar-refractivity contribution in [3.63, 3.8) is 0 Å². The van der Waals surface area contributed by atoms with Crippen LogP contribution in [0.3, 0.4) is 0 Å². The highest BCUT2D eigenvalue weighted by atomic mass is 31.2. The molecule has 0 fully saturated rings. The van der Waals surface area contributed by atoms with E-state index in [9.17, 15) is 4.57 Å². The molecule has 4 nitrogen and oxygen atoms in total. The van der Waals surface area contributed by atoms with E-state index in [-0.39, 0.29) is 12.8 Å². The van der Waals surface area contributed by atoms with Gasteiger partial charge in [0.1, 0.15) is 0 Å². The molecule has 0 atom stereocenters. The van der Waals surface area contributed by atoms with Gasteiger partial charge in [-0.05, 0) is 13.3 Å². The zero-order chi connectivity index (χ0) is 15.0. The number of unbranched alkanes of at least 4 members (excludes halogenated alkanes) is 9. The van der Waals surface area contributed by atoms with Gasteiger partial charge in [0, 0.05) is 12.8 Å². The van der Waals surface area contributed by atoms with E-state index in [4.69, 9.17) is 14.9 Å². The number of hydrogen-bond donors (Lipinski definition) is 3. The quantitative estimate of drug-likeness (QED) is 0.396. The summed E-state index contributed by atoms with van der Waals surface area (Å²) in [5, 5.41) is 7.57. The molecule has 0 aliphatic rings. The highest BCUT2D eigenvalue weighted by Gasteiger charge is 2.10. The molecule has 0 heterocycles. The Bertz CT molecular complexity index is 204. The van der Waals surface area contributed by atoms with Gasteiger partial charge in [0.2, 0.25) is 0 Å². The van der Waals surface area contributed by atoms with Gasteiger partial charge in [0.15, 0.2) is 0 Å². The van der Waals surface area contributed by atoms with Crippen LogP contribution in [-0.2, 0) is 4.57 Å². The number of aliphatic hydroxyl groups is 1. The SMILES string of the molecule is CCCCCCCCCCCCP(=O)(O)O.CCO. The molecule has 0 unspecified atom stereocenters. The van der Waals surface area contributed by atoms with Crippen LogP contribution in [0.25, 0.3) is 0 Å². The van der Waals surface area contributed by atoms with Crippen molar-refractivity contribution >= 4 is 7.60 Å². The summed E-state index contributed by atoms with van der Waals surface area (Å²) in [6, 6.07) is 0. The Morgan fingerprint density at radius 2 is 1.05 bits per heavy atom. The van der Waals surface area contributed by atoms with Crippen molar-refractivity contribution < 1.29 is 19.5 Å².